The average Bonchev–Trinajstić information content (AvgIpc) is 3.23. The van der Waals surface area contributed by atoms with Crippen LogP contribution >= 0.6 is 0 Å². The highest BCUT2D eigenvalue weighted by atomic mass is 19.4. The molecule has 0 atom stereocenters. The first-order valence-corrected chi connectivity index (χ1v) is 9.12. The molecule has 2 aromatic rings. The van der Waals surface area contributed by atoms with Gasteiger partial charge in [0.05, 0.1) is 5.56 Å². The van der Waals surface area contributed by atoms with Crippen molar-refractivity contribution >= 4 is 17.6 Å². The Balaban J connectivity index is 1.46. The number of aromatic nitrogens is 3. The molecule has 0 aromatic carbocycles. The molecule has 0 unspecified atom stereocenters. The molecule has 27 heavy (non-hydrogen) atoms. The van der Waals surface area contributed by atoms with E-state index >= 15 is 0 Å². The zero-order valence-corrected chi connectivity index (χ0v) is 14.9. The molecule has 9 heteroatoms. The maximum absolute atomic E-state index is 13.2. The summed E-state index contributed by atoms with van der Waals surface area (Å²) < 4.78 is 39.7. The summed E-state index contributed by atoms with van der Waals surface area (Å²) in [5.41, 5.74) is -0.689. The fourth-order valence-corrected chi connectivity index (χ4v) is 3.60. The lowest BCUT2D eigenvalue weighted by Crippen LogP contribution is -2.48. The monoisotopic (exact) mass is 378 g/mol. The van der Waals surface area contributed by atoms with Crippen LogP contribution in [0.4, 0.5) is 30.8 Å². The van der Waals surface area contributed by atoms with Gasteiger partial charge in [-0.15, -0.1) is 0 Å². The zero-order chi connectivity index (χ0) is 18.9. The summed E-state index contributed by atoms with van der Waals surface area (Å²) in [5, 5.41) is 0. The highest BCUT2D eigenvalue weighted by Gasteiger charge is 2.36. The van der Waals surface area contributed by atoms with Crippen molar-refractivity contribution in [2.45, 2.75) is 19.0 Å². The Morgan fingerprint density at radius 2 is 1.48 bits per heavy atom. The maximum atomic E-state index is 13.2. The van der Waals surface area contributed by atoms with Crippen molar-refractivity contribution in [3.8, 4) is 0 Å². The van der Waals surface area contributed by atoms with Gasteiger partial charge in [0.25, 0.3) is 0 Å². The van der Waals surface area contributed by atoms with Crippen molar-refractivity contribution in [2.75, 3.05) is 54.0 Å². The van der Waals surface area contributed by atoms with Gasteiger partial charge < -0.3 is 14.7 Å². The molecule has 0 saturated carbocycles. The van der Waals surface area contributed by atoms with Crippen LogP contribution in [0.3, 0.4) is 0 Å². The van der Waals surface area contributed by atoms with Crippen LogP contribution in [0.2, 0.25) is 0 Å². The minimum atomic E-state index is -4.41. The first-order chi connectivity index (χ1) is 13.0. The van der Waals surface area contributed by atoms with E-state index in [1.807, 2.05) is 11.0 Å². The number of alkyl halides is 3. The lowest BCUT2D eigenvalue weighted by molar-refractivity contribution is -0.137. The van der Waals surface area contributed by atoms with Crippen LogP contribution in [-0.2, 0) is 6.18 Å². The number of hydrogen-bond acceptors (Lipinski definition) is 6. The van der Waals surface area contributed by atoms with Gasteiger partial charge in [0.2, 0.25) is 5.95 Å². The smallest absolute Gasteiger partial charge is 0.356 e. The van der Waals surface area contributed by atoms with Gasteiger partial charge in [-0.05, 0) is 31.0 Å². The van der Waals surface area contributed by atoms with E-state index < -0.39 is 11.7 Å². The SMILES string of the molecule is FC(F)(F)c1cccnc1N1CCN(c2nccc(N3CCCC3)n2)CC1. The Labute approximate surface area is 155 Å². The predicted molar refractivity (Wildman–Crippen MR) is 97.1 cm³/mol. The summed E-state index contributed by atoms with van der Waals surface area (Å²) in [7, 11) is 0. The van der Waals surface area contributed by atoms with E-state index in [9.17, 15) is 13.2 Å². The van der Waals surface area contributed by atoms with Gasteiger partial charge >= 0.3 is 6.18 Å². The van der Waals surface area contributed by atoms with Crippen molar-refractivity contribution in [1.29, 1.82) is 0 Å². The summed E-state index contributed by atoms with van der Waals surface area (Å²) in [4.78, 5) is 19.0. The lowest BCUT2D eigenvalue weighted by atomic mass is 10.2. The Morgan fingerprint density at radius 1 is 0.778 bits per heavy atom. The number of nitrogens with zero attached hydrogens (tertiary/aromatic N) is 6. The van der Waals surface area contributed by atoms with Crippen LogP contribution in [0.1, 0.15) is 18.4 Å². The summed E-state index contributed by atoms with van der Waals surface area (Å²) in [6, 6.07) is 4.31. The van der Waals surface area contributed by atoms with Crippen molar-refractivity contribution in [3.63, 3.8) is 0 Å². The third-order valence-electron chi connectivity index (χ3n) is 5.01. The molecular weight excluding hydrogens is 357 g/mol. The molecule has 0 spiro atoms. The standard InChI is InChI=1S/C18H21F3N6/c19-18(20,21)14-4-3-6-22-16(14)26-10-12-27(13-11-26)17-23-7-5-15(24-17)25-8-1-2-9-25/h3-7H,1-2,8-13H2. The van der Waals surface area contributed by atoms with E-state index in [0.29, 0.717) is 32.1 Å². The number of anilines is 3. The van der Waals surface area contributed by atoms with Gasteiger partial charge in [-0.25, -0.2) is 9.97 Å². The minimum absolute atomic E-state index is 0.00335. The second-order valence-corrected chi connectivity index (χ2v) is 6.76. The minimum Gasteiger partial charge on any atom is -0.356 e. The van der Waals surface area contributed by atoms with Crippen LogP contribution in [-0.4, -0.2) is 54.2 Å². The first kappa shape index (κ1) is 17.8. The van der Waals surface area contributed by atoms with Crippen LogP contribution in [0.5, 0.6) is 0 Å². The van der Waals surface area contributed by atoms with E-state index in [1.165, 1.54) is 25.1 Å². The molecule has 2 aliphatic heterocycles. The molecule has 0 radical (unpaired) electrons. The quantitative estimate of drug-likeness (QED) is 0.819. The van der Waals surface area contributed by atoms with Crippen molar-refractivity contribution in [2.24, 2.45) is 0 Å². The van der Waals surface area contributed by atoms with Crippen LogP contribution < -0.4 is 14.7 Å². The molecule has 0 N–H and O–H groups in total. The highest BCUT2D eigenvalue weighted by molar-refractivity contribution is 5.51. The first-order valence-electron chi connectivity index (χ1n) is 9.12. The molecule has 144 valence electrons. The Hall–Kier alpha value is -2.58. The normalized spacial score (nSPS) is 18.3. The fraction of sp³-hybridized carbons (Fsp3) is 0.500. The number of rotatable bonds is 3. The number of hydrogen-bond donors (Lipinski definition) is 0. The predicted octanol–water partition coefficient (Wildman–Crippen LogP) is 2.82. The van der Waals surface area contributed by atoms with Gasteiger partial charge in [-0.1, -0.05) is 0 Å². The van der Waals surface area contributed by atoms with Crippen molar-refractivity contribution in [3.05, 3.63) is 36.2 Å². The van der Waals surface area contributed by atoms with Crippen molar-refractivity contribution in [1.82, 2.24) is 15.0 Å². The summed E-state index contributed by atoms with van der Waals surface area (Å²) >= 11 is 0. The van der Waals surface area contributed by atoms with Gasteiger partial charge in [0.15, 0.2) is 0 Å². The molecular formula is C18H21F3N6. The van der Waals surface area contributed by atoms with Gasteiger partial charge in [0, 0.05) is 51.7 Å². The number of halogens is 3. The lowest BCUT2D eigenvalue weighted by Gasteiger charge is -2.36. The molecule has 0 amide bonds. The second kappa shape index (κ2) is 7.21. The number of piperazine rings is 1. The Kier molecular flexibility index (Phi) is 4.75. The van der Waals surface area contributed by atoms with Crippen LogP contribution in [0, 0.1) is 0 Å². The Morgan fingerprint density at radius 3 is 2.19 bits per heavy atom. The van der Waals surface area contributed by atoms with Crippen LogP contribution in [0.25, 0.3) is 0 Å². The van der Waals surface area contributed by atoms with E-state index in [0.717, 1.165) is 25.0 Å². The molecule has 6 nitrogen and oxygen atoms in total. The van der Waals surface area contributed by atoms with Gasteiger partial charge in [-0.2, -0.15) is 18.2 Å². The van der Waals surface area contributed by atoms with Crippen LogP contribution in [0.15, 0.2) is 30.6 Å². The fourth-order valence-electron chi connectivity index (χ4n) is 3.60. The Bertz CT molecular complexity index is 783. The van der Waals surface area contributed by atoms with E-state index in [-0.39, 0.29) is 5.82 Å². The largest absolute Gasteiger partial charge is 0.419 e. The topological polar surface area (TPSA) is 48.4 Å². The molecule has 4 heterocycles. The average molecular weight is 378 g/mol. The highest BCUT2D eigenvalue weighted by Crippen LogP contribution is 2.35. The van der Waals surface area contributed by atoms with Gasteiger partial charge in [0.1, 0.15) is 11.6 Å². The second-order valence-electron chi connectivity index (χ2n) is 6.76. The van der Waals surface area contributed by atoms with Gasteiger partial charge in [-0.3, -0.25) is 0 Å². The maximum Gasteiger partial charge on any atom is 0.419 e. The summed E-state index contributed by atoms with van der Waals surface area (Å²) in [5.74, 6) is 1.55. The van der Waals surface area contributed by atoms with E-state index in [2.05, 4.69) is 19.9 Å². The zero-order valence-electron chi connectivity index (χ0n) is 14.9. The van der Waals surface area contributed by atoms with Crippen molar-refractivity contribution < 1.29 is 13.2 Å². The number of pyridine rings is 1. The third-order valence-corrected chi connectivity index (χ3v) is 5.01. The molecule has 0 bridgehead atoms. The molecule has 2 saturated heterocycles. The molecule has 0 aliphatic carbocycles. The van der Waals surface area contributed by atoms with E-state index in [1.54, 1.807) is 11.1 Å². The van der Waals surface area contributed by atoms with E-state index in [4.69, 9.17) is 0 Å². The molecule has 4 rings (SSSR count). The third kappa shape index (κ3) is 3.77. The summed E-state index contributed by atoms with van der Waals surface area (Å²) in [6.45, 7) is 4.00. The molecule has 2 fully saturated rings. The summed E-state index contributed by atoms with van der Waals surface area (Å²) in [6.07, 6.45) is 1.09. The molecule has 2 aliphatic rings. The molecule has 2 aromatic heterocycles.